The molecule has 0 radical (unpaired) electrons. The SMILES string of the molecule is CO[C@@H]1[C@H](O)[C@@H](COP(=O)(O)OP(=O)(O)OP(=O)(O)CP(=O)(O)OC[C@H]2O[C@@H](n3cnc4c(=O)[nH]c(N)nc43)[C@H](O)[C@@H]2O)O[C@H]1[n+]1cn(C)c2c(=O)[nH]c(N)nc21. The summed E-state index contributed by atoms with van der Waals surface area (Å²) < 4.78 is 88.2. The van der Waals surface area contributed by atoms with Gasteiger partial charge in [0.1, 0.15) is 36.6 Å². The Bertz CT molecular complexity index is 2490. The summed E-state index contributed by atoms with van der Waals surface area (Å²) in [6.45, 7) is -2.09. The molecule has 0 aromatic carbocycles. The number of nitrogens with two attached hydrogens (primary N) is 2. The maximum Gasteiger partial charge on any atom is 0.488 e. The second-order valence-corrected chi connectivity index (χ2v) is 19.8. The Morgan fingerprint density at radius 1 is 0.860 bits per heavy atom. The van der Waals surface area contributed by atoms with E-state index >= 15 is 0 Å². The third kappa shape index (κ3) is 9.13. The Morgan fingerprint density at radius 2 is 1.49 bits per heavy atom. The van der Waals surface area contributed by atoms with E-state index in [1.165, 1.54) is 29.6 Å². The molecule has 2 saturated heterocycles. The van der Waals surface area contributed by atoms with E-state index in [0.717, 1.165) is 10.9 Å². The second-order valence-electron chi connectivity index (χ2n) is 12.4. The van der Waals surface area contributed by atoms with Gasteiger partial charge in [0.25, 0.3) is 17.1 Å². The number of hydrogen-bond acceptors (Lipinski definition) is 21. The van der Waals surface area contributed by atoms with Gasteiger partial charge in [-0.1, -0.05) is 4.98 Å². The smallest absolute Gasteiger partial charge is 0.387 e. The van der Waals surface area contributed by atoms with E-state index < -0.39 is 110 Å². The summed E-state index contributed by atoms with van der Waals surface area (Å²) in [5.74, 6) is -2.49. The number of aryl methyl sites for hydroxylation is 1. The van der Waals surface area contributed by atoms with Gasteiger partial charge in [-0.2, -0.15) is 9.29 Å². The third-order valence-electron chi connectivity index (χ3n) is 8.35. The molecule has 2 fully saturated rings. The van der Waals surface area contributed by atoms with Crippen LogP contribution in [0.1, 0.15) is 12.5 Å². The number of aliphatic hydroxyl groups excluding tert-OH is 3. The predicted molar refractivity (Wildman–Crippen MR) is 183 cm³/mol. The van der Waals surface area contributed by atoms with Crippen LogP contribution in [0.4, 0.5) is 11.9 Å². The number of phosphoric ester groups is 1. The van der Waals surface area contributed by atoms with E-state index in [2.05, 4.69) is 38.1 Å². The molecule has 30 nitrogen and oxygen atoms in total. The number of rotatable bonds is 15. The molecule has 0 amide bonds. The van der Waals surface area contributed by atoms with Crippen LogP contribution in [0.25, 0.3) is 22.3 Å². The Kier molecular flexibility index (Phi) is 11.9. The Hall–Kier alpha value is -3.34. The van der Waals surface area contributed by atoms with Gasteiger partial charge in [0.15, 0.2) is 29.6 Å². The lowest BCUT2D eigenvalue weighted by Gasteiger charge is -2.22. The highest BCUT2D eigenvalue weighted by Gasteiger charge is 2.51. The molecule has 0 saturated carbocycles. The van der Waals surface area contributed by atoms with Crippen LogP contribution in [0.15, 0.2) is 22.2 Å². The number of phosphoric acid groups is 2. The summed E-state index contributed by atoms with van der Waals surface area (Å²) in [5.41, 5.74) is 9.55. The second kappa shape index (κ2) is 15.7. The van der Waals surface area contributed by atoms with Gasteiger partial charge in [0.2, 0.25) is 17.7 Å². The van der Waals surface area contributed by atoms with E-state index in [1.807, 2.05) is 0 Å². The van der Waals surface area contributed by atoms with Crippen molar-refractivity contribution in [3.8, 4) is 0 Å². The molecule has 12 atom stereocenters. The molecule has 34 heteroatoms. The van der Waals surface area contributed by atoms with Gasteiger partial charge in [-0.05, 0) is 0 Å². The number of H-pyrrole nitrogens is 2. The minimum atomic E-state index is -6.10. The monoisotopic (exact) mass is 895 g/mol. The summed E-state index contributed by atoms with van der Waals surface area (Å²) in [6.07, 6.45) is -9.92. The van der Waals surface area contributed by atoms with E-state index in [0.29, 0.717) is 0 Å². The van der Waals surface area contributed by atoms with Gasteiger partial charge in [-0.3, -0.25) is 42.3 Å². The van der Waals surface area contributed by atoms with Crippen molar-refractivity contribution in [1.29, 1.82) is 0 Å². The largest absolute Gasteiger partial charge is 0.488 e. The number of aromatic nitrogens is 8. The minimum absolute atomic E-state index is 0.000475. The number of aromatic amines is 2. The van der Waals surface area contributed by atoms with Crippen LogP contribution in [-0.4, -0.2) is 132 Å². The molecule has 4 unspecified atom stereocenters. The van der Waals surface area contributed by atoms with E-state index in [4.69, 9.17) is 30.2 Å². The van der Waals surface area contributed by atoms with Gasteiger partial charge in [0, 0.05) is 7.11 Å². The van der Waals surface area contributed by atoms with Gasteiger partial charge < -0.3 is 65.1 Å². The molecule has 0 spiro atoms. The average molecular weight is 895 g/mol. The van der Waals surface area contributed by atoms with Crippen LogP contribution in [0, 0.1) is 0 Å². The number of nitrogen functional groups attached to an aromatic ring is 2. The molecule has 4 aromatic heterocycles. The van der Waals surface area contributed by atoms with Gasteiger partial charge in [0.05, 0.1) is 26.6 Å². The van der Waals surface area contributed by atoms with Gasteiger partial charge in [-0.15, -0.1) is 0 Å². The molecule has 2 aliphatic heterocycles. The molecule has 6 heterocycles. The fourth-order valence-corrected chi connectivity index (χ4v) is 12.4. The van der Waals surface area contributed by atoms with Crippen molar-refractivity contribution in [3.63, 3.8) is 0 Å². The molecule has 57 heavy (non-hydrogen) atoms. The fourth-order valence-electron chi connectivity index (χ4n) is 6.00. The maximum atomic E-state index is 12.7. The number of aliphatic hydroxyl groups is 3. The lowest BCUT2D eigenvalue weighted by molar-refractivity contribution is -0.746. The van der Waals surface area contributed by atoms with Crippen molar-refractivity contribution >= 4 is 65.1 Å². The fraction of sp³-hybridized carbons (Fsp3) is 0.565. The zero-order valence-electron chi connectivity index (χ0n) is 29.0. The number of fused-ring (bicyclic) bond motifs is 2. The molecule has 13 N–H and O–H groups in total. The number of methoxy groups -OCH3 is 1. The Balaban J connectivity index is 1.04. The molecule has 6 rings (SSSR count). The standard InChI is InChI=1S/C23H34N10O20P4/c1-31-6-33(17-11(31)19(38)30-23(25)28-17)21-15(47-2)13(35)9(51-21)4-49-56(43,44)53-57(45,46)52-55(41,42)7-54(39,40)48-3-8-12(34)14(36)20(50-8)32-5-26-10-16(32)27-22(24)29-18(10)37/h5-6,8-9,12-15,20-21,34-36H,3-4,7H2,1-2H3,(H9-,24,25,27,28,29,30,37,38,39,40,41,42,43,44,45,46)/p+1/t8-,9-,12-,13-,14-,15-,20-,21-/m1/s1. The zero-order valence-corrected chi connectivity index (χ0v) is 32.5. The van der Waals surface area contributed by atoms with E-state index in [9.17, 15) is 62.7 Å². The number of imidazole rings is 2. The lowest BCUT2D eigenvalue weighted by Crippen LogP contribution is -2.47. The number of nitrogens with zero attached hydrogens (tertiary/aromatic N) is 6. The summed E-state index contributed by atoms with van der Waals surface area (Å²) in [4.78, 5) is 81.4. The predicted octanol–water partition coefficient (Wildman–Crippen LogP) is -3.67. The van der Waals surface area contributed by atoms with Crippen molar-refractivity contribution in [2.45, 2.75) is 49.1 Å². The van der Waals surface area contributed by atoms with Crippen LogP contribution in [-0.2, 0) is 57.2 Å². The number of anilines is 2. The van der Waals surface area contributed by atoms with Crippen molar-refractivity contribution in [2.24, 2.45) is 7.05 Å². The summed E-state index contributed by atoms with van der Waals surface area (Å²) in [5, 5.41) is 31.8. The quantitative estimate of drug-likeness (QED) is 0.0404. The first-order valence-corrected chi connectivity index (χ1v) is 22.3. The first kappa shape index (κ1) is 43.2. The molecule has 0 bridgehead atoms. The van der Waals surface area contributed by atoms with Crippen LogP contribution >= 0.6 is 30.8 Å². The van der Waals surface area contributed by atoms with E-state index in [-0.39, 0.29) is 34.2 Å². The highest BCUT2D eigenvalue weighted by molar-refractivity contribution is 7.75. The average Bonchev–Trinajstić information content (AvgIpc) is 3.80. The highest BCUT2D eigenvalue weighted by Crippen LogP contribution is 2.70. The van der Waals surface area contributed by atoms with Crippen LogP contribution in [0.2, 0.25) is 0 Å². The van der Waals surface area contributed by atoms with Crippen LogP contribution in [0.5, 0.6) is 0 Å². The first-order chi connectivity index (χ1) is 26.4. The lowest BCUT2D eigenvalue weighted by atomic mass is 10.1. The van der Waals surface area contributed by atoms with Crippen molar-refractivity contribution < 1.29 is 89.6 Å². The first-order valence-electron chi connectivity index (χ1n) is 15.8. The molecule has 0 aliphatic carbocycles. The summed E-state index contributed by atoms with van der Waals surface area (Å²) in [6, 6.07) is 0. The molecule has 2 aliphatic rings. The normalized spacial score (nSPS) is 29.6. The third-order valence-corrected chi connectivity index (χ3v) is 15.7. The molecule has 316 valence electrons. The Labute approximate surface area is 315 Å². The van der Waals surface area contributed by atoms with Crippen LogP contribution in [0.3, 0.4) is 0 Å². The van der Waals surface area contributed by atoms with Crippen molar-refractivity contribution in [1.82, 2.24) is 34.1 Å². The van der Waals surface area contributed by atoms with Crippen LogP contribution < -0.4 is 27.2 Å². The molecular formula is C23H35N10O20P4+. The summed E-state index contributed by atoms with van der Waals surface area (Å²) >= 11 is 0. The maximum absolute atomic E-state index is 12.7. The van der Waals surface area contributed by atoms with E-state index in [1.54, 1.807) is 0 Å². The molecular weight excluding hydrogens is 860 g/mol. The van der Waals surface area contributed by atoms with Gasteiger partial charge in [-0.25, -0.2) is 23.0 Å². The minimum Gasteiger partial charge on any atom is -0.387 e. The topological polar surface area (TPSA) is 445 Å². The molecule has 4 aromatic rings. The van der Waals surface area contributed by atoms with Gasteiger partial charge >= 0.3 is 36.5 Å². The van der Waals surface area contributed by atoms with Crippen molar-refractivity contribution in [3.05, 3.63) is 33.4 Å². The summed E-state index contributed by atoms with van der Waals surface area (Å²) in [7, 11) is -20.2. The highest BCUT2D eigenvalue weighted by atomic mass is 31.3. The van der Waals surface area contributed by atoms with Crippen molar-refractivity contribution in [2.75, 3.05) is 37.7 Å². The number of nitrogens with one attached hydrogen (secondary N) is 2. The Morgan fingerprint density at radius 3 is 2.18 bits per heavy atom. The number of ether oxygens (including phenoxy) is 3. The zero-order chi connectivity index (χ0) is 42.0. The number of hydrogen-bond donors (Lipinski definition) is 11.